The van der Waals surface area contributed by atoms with Crippen molar-refractivity contribution in [3.05, 3.63) is 28.7 Å². The number of imide groups is 1. The molecule has 1 heterocycles. The monoisotopic (exact) mass is 375 g/mol. The fraction of sp³-hybridized carbons (Fsp3) is 0.421. The van der Waals surface area contributed by atoms with Crippen LogP contribution in [-0.4, -0.2) is 24.2 Å². The zero-order valence-electron chi connectivity index (χ0n) is 14.7. The lowest BCUT2D eigenvalue weighted by Gasteiger charge is -2.18. The topological polar surface area (TPSA) is 81.7 Å². The normalized spacial score (nSPS) is 20.3. The van der Waals surface area contributed by atoms with E-state index < -0.39 is 11.1 Å². The van der Waals surface area contributed by atoms with Gasteiger partial charge in [-0.05, 0) is 54.3 Å². The Hall–Kier alpha value is -2.28. The summed E-state index contributed by atoms with van der Waals surface area (Å²) in [6, 6.07) is 5.05. The molecule has 26 heavy (non-hydrogen) atoms. The molecule has 0 radical (unpaired) electrons. The fourth-order valence-electron chi connectivity index (χ4n) is 3.29. The highest BCUT2D eigenvalue weighted by Gasteiger charge is 2.29. The van der Waals surface area contributed by atoms with Crippen LogP contribution in [0.25, 0.3) is 6.08 Å². The number of hydrogen-bond acceptors (Lipinski definition) is 6. The first kappa shape index (κ1) is 18.5. The molecule has 2 fully saturated rings. The van der Waals surface area contributed by atoms with Gasteiger partial charge in [0.15, 0.2) is 11.5 Å². The molecule has 1 aliphatic heterocycles. The second kappa shape index (κ2) is 7.95. The molecule has 1 atom stereocenters. The number of thioether (sulfide) groups is 1. The van der Waals surface area contributed by atoms with Gasteiger partial charge in [0, 0.05) is 0 Å². The van der Waals surface area contributed by atoms with E-state index in [4.69, 9.17) is 9.47 Å². The van der Waals surface area contributed by atoms with Gasteiger partial charge in [-0.15, -0.1) is 0 Å². The van der Waals surface area contributed by atoms with Gasteiger partial charge in [-0.2, -0.15) is 0 Å². The van der Waals surface area contributed by atoms with Gasteiger partial charge in [-0.25, -0.2) is 0 Å². The maximum absolute atomic E-state index is 12.5. The highest BCUT2D eigenvalue weighted by molar-refractivity contribution is 8.18. The van der Waals surface area contributed by atoms with Crippen molar-refractivity contribution in [2.75, 3.05) is 7.11 Å². The average Bonchev–Trinajstić information content (AvgIpc) is 3.24. The van der Waals surface area contributed by atoms with Gasteiger partial charge in [-0.1, -0.05) is 25.8 Å². The number of methoxy groups -OCH3 is 1. The molecule has 1 N–H and O–H groups in total. The number of rotatable bonds is 5. The lowest BCUT2D eigenvalue weighted by atomic mass is 9.93. The SMILES string of the molecule is COc1ccc(/C=C2\SC(=O)NC2=O)cc1OC(=O)C(C)C1CCCC1. The van der Waals surface area contributed by atoms with Gasteiger partial charge in [-0.3, -0.25) is 19.7 Å². The van der Waals surface area contributed by atoms with Crippen molar-refractivity contribution in [1.82, 2.24) is 5.32 Å². The Labute approximate surface area is 156 Å². The summed E-state index contributed by atoms with van der Waals surface area (Å²) in [6.45, 7) is 1.90. The summed E-state index contributed by atoms with van der Waals surface area (Å²) >= 11 is 0.842. The summed E-state index contributed by atoms with van der Waals surface area (Å²) in [5.41, 5.74) is 0.648. The minimum Gasteiger partial charge on any atom is -0.493 e. The average molecular weight is 375 g/mol. The Morgan fingerprint density at radius 1 is 1.27 bits per heavy atom. The molecule has 2 aliphatic rings. The van der Waals surface area contributed by atoms with Crippen LogP contribution in [0, 0.1) is 11.8 Å². The molecule has 1 unspecified atom stereocenters. The van der Waals surface area contributed by atoms with Crippen molar-refractivity contribution < 1.29 is 23.9 Å². The van der Waals surface area contributed by atoms with Crippen LogP contribution in [0.4, 0.5) is 4.79 Å². The molecule has 0 bridgehead atoms. The summed E-state index contributed by atoms with van der Waals surface area (Å²) in [5.74, 6) is 0.249. The minimum absolute atomic E-state index is 0.169. The first-order valence-corrected chi connectivity index (χ1v) is 9.44. The largest absolute Gasteiger partial charge is 0.493 e. The number of carbonyl (C=O) groups is 3. The fourth-order valence-corrected chi connectivity index (χ4v) is 3.97. The van der Waals surface area contributed by atoms with Crippen LogP contribution in [0.3, 0.4) is 0 Å². The summed E-state index contributed by atoms with van der Waals surface area (Å²) in [4.78, 5) is 35.8. The van der Waals surface area contributed by atoms with E-state index >= 15 is 0 Å². The molecule has 138 valence electrons. The molecule has 1 saturated heterocycles. The second-order valence-electron chi connectivity index (χ2n) is 6.52. The number of benzene rings is 1. The lowest BCUT2D eigenvalue weighted by molar-refractivity contribution is -0.140. The molecule has 1 aromatic rings. The van der Waals surface area contributed by atoms with E-state index in [0.29, 0.717) is 27.9 Å². The maximum atomic E-state index is 12.5. The summed E-state index contributed by atoms with van der Waals surface area (Å²) in [7, 11) is 1.50. The highest BCUT2D eigenvalue weighted by atomic mass is 32.2. The molecule has 0 spiro atoms. The molecule has 3 rings (SSSR count). The smallest absolute Gasteiger partial charge is 0.314 e. The maximum Gasteiger partial charge on any atom is 0.314 e. The van der Waals surface area contributed by atoms with E-state index in [2.05, 4.69) is 5.32 Å². The highest BCUT2D eigenvalue weighted by Crippen LogP contribution is 2.35. The van der Waals surface area contributed by atoms with Crippen molar-refractivity contribution >= 4 is 35.0 Å². The van der Waals surface area contributed by atoms with E-state index in [1.807, 2.05) is 6.92 Å². The Morgan fingerprint density at radius 3 is 2.62 bits per heavy atom. The molecular formula is C19H21NO5S. The molecular weight excluding hydrogens is 354 g/mol. The van der Waals surface area contributed by atoms with E-state index in [9.17, 15) is 14.4 Å². The van der Waals surface area contributed by atoms with Crippen LogP contribution in [0.5, 0.6) is 11.5 Å². The van der Waals surface area contributed by atoms with E-state index in [-0.39, 0.29) is 11.9 Å². The Bertz CT molecular complexity index is 767. The van der Waals surface area contributed by atoms with Crippen molar-refractivity contribution in [1.29, 1.82) is 0 Å². The number of nitrogens with one attached hydrogen (secondary N) is 1. The van der Waals surface area contributed by atoms with E-state index in [1.165, 1.54) is 7.11 Å². The second-order valence-corrected chi connectivity index (χ2v) is 7.53. The van der Waals surface area contributed by atoms with Gasteiger partial charge in [0.25, 0.3) is 11.1 Å². The molecule has 1 aliphatic carbocycles. The zero-order chi connectivity index (χ0) is 18.7. The van der Waals surface area contributed by atoms with Crippen molar-refractivity contribution in [2.24, 2.45) is 11.8 Å². The van der Waals surface area contributed by atoms with E-state index in [0.717, 1.165) is 37.4 Å². The van der Waals surface area contributed by atoms with Crippen LogP contribution >= 0.6 is 11.8 Å². The molecule has 1 aromatic carbocycles. The number of ether oxygens (including phenoxy) is 2. The van der Waals surface area contributed by atoms with Crippen LogP contribution in [0.15, 0.2) is 23.1 Å². The third-order valence-electron chi connectivity index (χ3n) is 4.82. The molecule has 6 nitrogen and oxygen atoms in total. The third kappa shape index (κ3) is 4.09. The van der Waals surface area contributed by atoms with Crippen LogP contribution in [0.2, 0.25) is 0 Å². The standard InChI is InChI=1S/C19H21NO5S/c1-11(13-5-3-4-6-13)18(22)25-15-9-12(7-8-14(15)24-2)10-16-17(21)20-19(23)26-16/h7-11,13H,3-6H2,1-2H3,(H,20,21,23)/b16-10-. The van der Waals surface area contributed by atoms with Crippen molar-refractivity contribution in [2.45, 2.75) is 32.6 Å². The molecule has 0 aromatic heterocycles. The number of carbonyl (C=O) groups excluding carboxylic acids is 3. The van der Waals surface area contributed by atoms with Crippen LogP contribution < -0.4 is 14.8 Å². The van der Waals surface area contributed by atoms with Crippen LogP contribution in [-0.2, 0) is 9.59 Å². The van der Waals surface area contributed by atoms with Crippen molar-refractivity contribution in [3.8, 4) is 11.5 Å². The summed E-state index contributed by atoms with van der Waals surface area (Å²) < 4.78 is 10.9. The van der Waals surface area contributed by atoms with Gasteiger partial charge in [0.05, 0.1) is 17.9 Å². The molecule has 2 amide bonds. The van der Waals surface area contributed by atoms with Gasteiger partial charge >= 0.3 is 5.97 Å². The lowest BCUT2D eigenvalue weighted by Crippen LogP contribution is -2.24. The first-order chi connectivity index (χ1) is 12.5. The number of esters is 1. The first-order valence-electron chi connectivity index (χ1n) is 8.62. The zero-order valence-corrected chi connectivity index (χ0v) is 15.6. The summed E-state index contributed by atoms with van der Waals surface area (Å²) in [5, 5.41) is 1.81. The Kier molecular flexibility index (Phi) is 5.66. The van der Waals surface area contributed by atoms with Gasteiger partial charge in [0.1, 0.15) is 0 Å². The predicted octanol–water partition coefficient (Wildman–Crippen LogP) is 3.75. The van der Waals surface area contributed by atoms with Crippen LogP contribution in [0.1, 0.15) is 38.2 Å². The van der Waals surface area contributed by atoms with Crippen molar-refractivity contribution in [3.63, 3.8) is 0 Å². The van der Waals surface area contributed by atoms with E-state index in [1.54, 1.807) is 24.3 Å². The predicted molar refractivity (Wildman–Crippen MR) is 98.9 cm³/mol. The third-order valence-corrected chi connectivity index (χ3v) is 5.63. The molecule has 1 saturated carbocycles. The Balaban J connectivity index is 1.79. The summed E-state index contributed by atoms with van der Waals surface area (Å²) in [6.07, 6.45) is 6.02. The van der Waals surface area contributed by atoms with Gasteiger partial charge in [0.2, 0.25) is 0 Å². The Morgan fingerprint density at radius 2 is 2.00 bits per heavy atom. The number of hydrogen-bond donors (Lipinski definition) is 1. The van der Waals surface area contributed by atoms with Gasteiger partial charge < -0.3 is 9.47 Å². The number of amides is 2. The minimum atomic E-state index is -0.427. The quantitative estimate of drug-likeness (QED) is 0.479. The molecule has 7 heteroatoms.